The molecule has 0 heterocycles. The Labute approximate surface area is 98.7 Å². The fourth-order valence-corrected chi connectivity index (χ4v) is 1.94. The third kappa shape index (κ3) is 1.72. The first-order valence-electron chi connectivity index (χ1n) is 4.87. The van der Waals surface area contributed by atoms with Crippen molar-refractivity contribution in [3.63, 3.8) is 0 Å². The lowest BCUT2D eigenvalue weighted by atomic mass is 9.99. The highest BCUT2D eigenvalue weighted by Crippen LogP contribution is 2.40. The highest BCUT2D eigenvalue weighted by Gasteiger charge is 2.12. The number of rotatable bonds is 1. The largest absolute Gasteiger partial charge is 0.507 e. The molecular formula is C13H11ClO2. The van der Waals surface area contributed by atoms with E-state index in [9.17, 15) is 10.2 Å². The van der Waals surface area contributed by atoms with E-state index >= 15 is 0 Å². The van der Waals surface area contributed by atoms with Gasteiger partial charge in [-0.2, -0.15) is 0 Å². The van der Waals surface area contributed by atoms with E-state index < -0.39 is 0 Å². The predicted molar refractivity (Wildman–Crippen MR) is 65.0 cm³/mol. The molecule has 0 bridgehead atoms. The molecule has 2 nitrogen and oxygen atoms in total. The summed E-state index contributed by atoms with van der Waals surface area (Å²) >= 11 is 6.01. The first kappa shape index (κ1) is 10.8. The Kier molecular flexibility index (Phi) is 2.75. The molecule has 0 radical (unpaired) electrons. The highest BCUT2D eigenvalue weighted by molar-refractivity contribution is 6.34. The Morgan fingerprint density at radius 2 is 1.56 bits per heavy atom. The molecule has 0 aliphatic rings. The smallest absolute Gasteiger partial charge is 0.134 e. The number of aryl methyl sites for hydroxylation is 1. The van der Waals surface area contributed by atoms with E-state index in [1.54, 1.807) is 24.3 Å². The topological polar surface area (TPSA) is 40.5 Å². The molecule has 0 aliphatic carbocycles. The molecule has 0 saturated carbocycles. The fourth-order valence-electron chi connectivity index (χ4n) is 1.72. The van der Waals surface area contributed by atoms with Gasteiger partial charge in [0.05, 0.1) is 5.02 Å². The van der Waals surface area contributed by atoms with Gasteiger partial charge >= 0.3 is 0 Å². The van der Waals surface area contributed by atoms with Crippen LogP contribution in [0.25, 0.3) is 11.1 Å². The number of benzene rings is 2. The number of hydrogen-bond acceptors (Lipinski definition) is 2. The number of phenolic OH excluding ortho intramolecular Hbond substituents is 2. The minimum atomic E-state index is 0.0156. The third-order valence-corrected chi connectivity index (χ3v) is 2.90. The Morgan fingerprint density at radius 3 is 2.25 bits per heavy atom. The van der Waals surface area contributed by atoms with Crippen molar-refractivity contribution >= 4 is 11.6 Å². The molecule has 0 atom stereocenters. The van der Waals surface area contributed by atoms with Crippen LogP contribution in [-0.4, -0.2) is 10.2 Å². The van der Waals surface area contributed by atoms with Crippen molar-refractivity contribution < 1.29 is 10.2 Å². The molecule has 2 rings (SSSR count). The molecule has 0 amide bonds. The summed E-state index contributed by atoms with van der Waals surface area (Å²) in [5.41, 5.74) is 2.20. The molecule has 0 spiro atoms. The van der Waals surface area contributed by atoms with Crippen LogP contribution in [0.2, 0.25) is 5.02 Å². The van der Waals surface area contributed by atoms with E-state index in [-0.39, 0.29) is 16.5 Å². The van der Waals surface area contributed by atoms with Gasteiger partial charge in [-0.3, -0.25) is 0 Å². The molecule has 0 saturated heterocycles. The van der Waals surface area contributed by atoms with Gasteiger partial charge in [0, 0.05) is 11.1 Å². The second kappa shape index (κ2) is 4.06. The number of halogens is 1. The predicted octanol–water partition coefficient (Wildman–Crippen LogP) is 3.73. The van der Waals surface area contributed by atoms with E-state index in [1.807, 2.05) is 13.0 Å². The molecule has 2 N–H and O–H groups in total. The van der Waals surface area contributed by atoms with Gasteiger partial charge in [0.25, 0.3) is 0 Å². The molecule has 3 heteroatoms. The molecule has 0 aromatic heterocycles. The molecule has 2 aromatic carbocycles. The fraction of sp³-hybridized carbons (Fsp3) is 0.0769. The summed E-state index contributed by atoms with van der Waals surface area (Å²) < 4.78 is 0. The van der Waals surface area contributed by atoms with Crippen LogP contribution in [0.1, 0.15) is 5.56 Å². The van der Waals surface area contributed by atoms with Crippen LogP contribution < -0.4 is 0 Å². The molecule has 0 unspecified atom stereocenters. The molecule has 2 aromatic rings. The molecule has 0 fully saturated rings. The summed E-state index contributed by atoms with van der Waals surface area (Å²) in [6.45, 7) is 1.88. The van der Waals surface area contributed by atoms with Crippen molar-refractivity contribution in [1.82, 2.24) is 0 Å². The van der Waals surface area contributed by atoms with Gasteiger partial charge in [0.2, 0.25) is 0 Å². The minimum absolute atomic E-state index is 0.0156. The Hall–Kier alpha value is -1.67. The normalized spacial score (nSPS) is 10.4. The standard InChI is InChI=1S/C13H11ClO2/c1-8-4-2-6-10(15)12(8)9-5-3-7-11(16)13(9)14/h2-7,15-16H,1H3. The van der Waals surface area contributed by atoms with Crippen LogP contribution in [0, 0.1) is 6.92 Å². The quantitative estimate of drug-likeness (QED) is 0.789. The van der Waals surface area contributed by atoms with Crippen LogP contribution in [-0.2, 0) is 0 Å². The van der Waals surface area contributed by atoms with E-state index in [1.165, 1.54) is 6.07 Å². The minimum Gasteiger partial charge on any atom is -0.507 e. The summed E-state index contributed by atoms with van der Waals surface area (Å²) in [5, 5.41) is 19.6. The molecule has 82 valence electrons. The van der Waals surface area contributed by atoms with E-state index in [0.717, 1.165) is 5.56 Å². The summed E-state index contributed by atoms with van der Waals surface area (Å²) in [7, 11) is 0. The summed E-state index contributed by atoms with van der Waals surface area (Å²) in [4.78, 5) is 0. The van der Waals surface area contributed by atoms with Crippen molar-refractivity contribution in [3.05, 3.63) is 47.0 Å². The zero-order valence-corrected chi connectivity index (χ0v) is 9.49. The van der Waals surface area contributed by atoms with Gasteiger partial charge in [-0.05, 0) is 24.6 Å². The van der Waals surface area contributed by atoms with Crippen molar-refractivity contribution in [2.24, 2.45) is 0 Å². The van der Waals surface area contributed by atoms with Crippen molar-refractivity contribution in [1.29, 1.82) is 0 Å². The molecule has 0 aliphatic heterocycles. The Morgan fingerprint density at radius 1 is 0.938 bits per heavy atom. The zero-order valence-electron chi connectivity index (χ0n) is 8.74. The SMILES string of the molecule is Cc1cccc(O)c1-c1cccc(O)c1Cl. The number of hydrogen-bond donors (Lipinski definition) is 2. The first-order chi connectivity index (χ1) is 7.61. The lowest BCUT2D eigenvalue weighted by Gasteiger charge is -2.10. The van der Waals surface area contributed by atoms with Crippen LogP contribution in [0.4, 0.5) is 0 Å². The van der Waals surface area contributed by atoms with Crippen molar-refractivity contribution in [2.45, 2.75) is 6.92 Å². The lowest BCUT2D eigenvalue weighted by Crippen LogP contribution is -1.85. The highest BCUT2D eigenvalue weighted by atomic mass is 35.5. The summed E-state index contributed by atoms with van der Waals surface area (Å²) in [6.07, 6.45) is 0. The van der Waals surface area contributed by atoms with E-state index in [2.05, 4.69) is 0 Å². The van der Waals surface area contributed by atoms with Gasteiger partial charge in [-0.15, -0.1) is 0 Å². The average Bonchev–Trinajstić information content (AvgIpc) is 2.24. The van der Waals surface area contributed by atoms with Crippen molar-refractivity contribution in [3.8, 4) is 22.6 Å². The molecular weight excluding hydrogens is 224 g/mol. The Balaban J connectivity index is 2.73. The van der Waals surface area contributed by atoms with Gasteiger partial charge in [0.15, 0.2) is 0 Å². The average molecular weight is 235 g/mol. The maximum Gasteiger partial charge on any atom is 0.134 e. The van der Waals surface area contributed by atoms with Crippen LogP contribution in [0.15, 0.2) is 36.4 Å². The summed E-state index contributed by atoms with van der Waals surface area (Å²) in [6, 6.07) is 10.2. The zero-order chi connectivity index (χ0) is 11.7. The maximum absolute atomic E-state index is 9.82. The number of aromatic hydroxyl groups is 2. The van der Waals surface area contributed by atoms with E-state index in [4.69, 9.17) is 11.6 Å². The second-order valence-corrected chi connectivity index (χ2v) is 3.99. The first-order valence-corrected chi connectivity index (χ1v) is 5.25. The second-order valence-electron chi connectivity index (χ2n) is 3.61. The summed E-state index contributed by atoms with van der Waals surface area (Å²) in [5.74, 6) is 0.175. The Bertz CT molecular complexity index is 515. The lowest BCUT2D eigenvalue weighted by molar-refractivity contribution is 0.474. The van der Waals surface area contributed by atoms with E-state index in [0.29, 0.717) is 11.1 Å². The van der Waals surface area contributed by atoms with Crippen LogP contribution >= 0.6 is 11.6 Å². The van der Waals surface area contributed by atoms with Crippen LogP contribution in [0.5, 0.6) is 11.5 Å². The van der Waals surface area contributed by atoms with Crippen molar-refractivity contribution in [2.75, 3.05) is 0 Å². The number of phenols is 2. The van der Waals surface area contributed by atoms with Gasteiger partial charge in [-0.1, -0.05) is 35.9 Å². The monoisotopic (exact) mass is 234 g/mol. The van der Waals surface area contributed by atoms with Gasteiger partial charge in [-0.25, -0.2) is 0 Å². The maximum atomic E-state index is 9.82. The van der Waals surface area contributed by atoms with Gasteiger partial charge in [0.1, 0.15) is 11.5 Å². The third-order valence-electron chi connectivity index (χ3n) is 2.50. The molecule has 16 heavy (non-hydrogen) atoms. The van der Waals surface area contributed by atoms with Gasteiger partial charge < -0.3 is 10.2 Å². The van der Waals surface area contributed by atoms with Crippen LogP contribution in [0.3, 0.4) is 0 Å².